The molecule has 182 valence electrons. The second kappa shape index (κ2) is 9.17. The van der Waals surface area contributed by atoms with Crippen molar-refractivity contribution in [2.24, 2.45) is 11.1 Å². The fraction of sp³-hybridized carbons (Fsp3) is 0.370. The molecule has 1 amide bonds. The minimum absolute atomic E-state index is 0.251. The molecule has 1 aliphatic carbocycles. The van der Waals surface area contributed by atoms with Crippen LogP contribution in [0.2, 0.25) is 0 Å². The van der Waals surface area contributed by atoms with E-state index in [0.717, 1.165) is 78.6 Å². The van der Waals surface area contributed by atoms with Crippen LogP contribution in [-0.2, 0) is 11.2 Å². The number of amides is 1. The van der Waals surface area contributed by atoms with E-state index in [4.69, 9.17) is 5.73 Å². The molecule has 7 nitrogen and oxygen atoms in total. The third kappa shape index (κ3) is 4.29. The van der Waals surface area contributed by atoms with Crippen LogP contribution in [0.1, 0.15) is 47.3 Å². The molecular formula is C27H30FN5O2. The minimum atomic E-state index is -0.509. The number of aldehydes is 1. The number of H-pyrrole nitrogens is 1. The number of carbonyl (C=O) groups is 2. The number of anilines is 2. The molecule has 1 saturated heterocycles. The minimum Gasteiger partial charge on any atom is -0.375 e. The molecule has 2 aromatic heterocycles. The van der Waals surface area contributed by atoms with Crippen molar-refractivity contribution in [3.63, 3.8) is 0 Å². The Morgan fingerprint density at radius 2 is 2.14 bits per heavy atom. The molecule has 3 heterocycles. The fourth-order valence-electron chi connectivity index (χ4n) is 5.42. The molecule has 2 aliphatic rings. The first kappa shape index (κ1) is 23.1. The number of allylic oxidation sites excluding steroid dienone is 1. The van der Waals surface area contributed by atoms with Crippen LogP contribution in [0.4, 0.5) is 15.9 Å². The van der Waals surface area contributed by atoms with Gasteiger partial charge in [0, 0.05) is 55.2 Å². The van der Waals surface area contributed by atoms with E-state index in [1.807, 2.05) is 7.05 Å². The smallest absolute Gasteiger partial charge is 0.252 e. The number of fused-ring (bicyclic) bond motifs is 3. The topological polar surface area (TPSA) is 95.3 Å². The fourth-order valence-corrected chi connectivity index (χ4v) is 5.42. The van der Waals surface area contributed by atoms with E-state index in [-0.39, 0.29) is 5.82 Å². The lowest BCUT2D eigenvalue weighted by Crippen LogP contribution is -2.30. The molecule has 0 radical (unpaired) electrons. The van der Waals surface area contributed by atoms with Crippen molar-refractivity contribution in [3.05, 3.63) is 59.2 Å². The largest absolute Gasteiger partial charge is 0.375 e. The van der Waals surface area contributed by atoms with Gasteiger partial charge in [-0.2, -0.15) is 0 Å². The van der Waals surface area contributed by atoms with Gasteiger partial charge in [-0.1, -0.05) is 12.2 Å². The van der Waals surface area contributed by atoms with E-state index in [2.05, 4.69) is 31.9 Å². The first-order chi connectivity index (χ1) is 16.9. The third-order valence-corrected chi connectivity index (χ3v) is 7.41. The Balaban J connectivity index is 1.35. The van der Waals surface area contributed by atoms with Gasteiger partial charge in [0.2, 0.25) is 0 Å². The summed E-state index contributed by atoms with van der Waals surface area (Å²) in [6.45, 7) is 2.07. The number of hydrogen-bond donors (Lipinski definition) is 2. The number of aromatic nitrogens is 2. The van der Waals surface area contributed by atoms with Crippen LogP contribution in [-0.4, -0.2) is 48.8 Å². The van der Waals surface area contributed by atoms with Gasteiger partial charge in [0.05, 0.1) is 16.5 Å². The van der Waals surface area contributed by atoms with Crippen molar-refractivity contribution in [2.45, 2.75) is 32.1 Å². The zero-order chi connectivity index (χ0) is 24.6. The maximum Gasteiger partial charge on any atom is 0.252 e. The number of hydrogen-bond acceptors (Lipinski definition) is 5. The zero-order valence-electron chi connectivity index (χ0n) is 19.9. The van der Waals surface area contributed by atoms with Gasteiger partial charge in [-0.25, -0.2) is 9.37 Å². The summed E-state index contributed by atoms with van der Waals surface area (Å²) in [4.78, 5) is 36.7. The van der Waals surface area contributed by atoms with Crippen LogP contribution in [0, 0.1) is 11.2 Å². The molecule has 3 aromatic rings. The zero-order valence-corrected chi connectivity index (χ0v) is 19.9. The van der Waals surface area contributed by atoms with Crippen LogP contribution in [0.3, 0.4) is 0 Å². The van der Waals surface area contributed by atoms with Gasteiger partial charge in [0.1, 0.15) is 17.9 Å². The lowest BCUT2D eigenvalue weighted by atomic mass is 9.84. The van der Waals surface area contributed by atoms with Crippen LogP contribution in [0.5, 0.6) is 0 Å². The van der Waals surface area contributed by atoms with Gasteiger partial charge >= 0.3 is 0 Å². The predicted molar refractivity (Wildman–Crippen MR) is 136 cm³/mol. The molecule has 1 aliphatic heterocycles. The van der Waals surface area contributed by atoms with Gasteiger partial charge in [-0.05, 0) is 56.4 Å². The molecule has 0 saturated carbocycles. The normalized spacial score (nSPS) is 19.2. The van der Waals surface area contributed by atoms with Crippen molar-refractivity contribution >= 4 is 40.7 Å². The molecule has 1 fully saturated rings. The summed E-state index contributed by atoms with van der Waals surface area (Å²) in [6.07, 6.45) is 11.0. The van der Waals surface area contributed by atoms with Crippen molar-refractivity contribution in [3.8, 4) is 0 Å². The molecule has 5 rings (SSSR count). The van der Waals surface area contributed by atoms with E-state index in [1.54, 1.807) is 18.3 Å². The predicted octanol–water partition coefficient (Wildman–Crippen LogP) is 4.07. The SMILES string of the molecule is CN(CCCC1(C=O)CCN(c2ncc(C(N)=O)c3[nH]c4c(c23)C=CCC4)C1)c1ccc(F)cc1. The van der Waals surface area contributed by atoms with Gasteiger partial charge in [0.15, 0.2) is 0 Å². The summed E-state index contributed by atoms with van der Waals surface area (Å²) >= 11 is 0. The second-order valence-electron chi connectivity index (χ2n) is 9.72. The van der Waals surface area contributed by atoms with Crippen LogP contribution < -0.4 is 15.5 Å². The number of primary amides is 1. The molecule has 35 heavy (non-hydrogen) atoms. The molecule has 0 spiro atoms. The summed E-state index contributed by atoms with van der Waals surface area (Å²) in [6, 6.07) is 6.45. The highest BCUT2D eigenvalue weighted by Crippen LogP contribution is 2.41. The van der Waals surface area contributed by atoms with Crippen molar-refractivity contribution in [1.29, 1.82) is 0 Å². The van der Waals surface area contributed by atoms with Gasteiger partial charge < -0.3 is 25.3 Å². The molecule has 1 atom stereocenters. The third-order valence-electron chi connectivity index (χ3n) is 7.41. The van der Waals surface area contributed by atoms with Crippen LogP contribution in [0.15, 0.2) is 36.5 Å². The maximum atomic E-state index is 13.2. The quantitative estimate of drug-likeness (QED) is 0.479. The molecule has 1 unspecified atom stereocenters. The summed E-state index contributed by atoms with van der Waals surface area (Å²) in [5.74, 6) is 0.0330. The number of pyridine rings is 1. The number of aromatic amines is 1. The number of rotatable bonds is 8. The van der Waals surface area contributed by atoms with E-state index >= 15 is 0 Å². The van der Waals surface area contributed by atoms with Crippen molar-refractivity contribution in [2.75, 3.05) is 36.5 Å². The number of benzene rings is 1. The van der Waals surface area contributed by atoms with E-state index in [1.165, 1.54) is 12.1 Å². The van der Waals surface area contributed by atoms with E-state index < -0.39 is 11.3 Å². The first-order valence-corrected chi connectivity index (χ1v) is 12.1. The Labute approximate surface area is 203 Å². The van der Waals surface area contributed by atoms with Gasteiger partial charge in [-0.15, -0.1) is 0 Å². The summed E-state index contributed by atoms with van der Waals surface area (Å²) in [5, 5.41) is 0.907. The Bertz CT molecular complexity index is 1300. The number of nitrogens with one attached hydrogen (secondary N) is 1. The number of aryl methyl sites for hydroxylation is 1. The summed E-state index contributed by atoms with van der Waals surface area (Å²) in [5.41, 5.74) is 9.39. The van der Waals surface area contributed by atoms with Crippen molar-refractivity contribution < 1.29 is 14.0 Å². The highest BCUT2D eigenvalue weighted by atomic mass is 19.1. The maximum absolute atomic E-state index is 13.2. The van der Waals surface area contributed by atoms with Gasteiger partial charge in [-0.3, -0.25) is 4.79 Å². The van der Waals surface area contributed by atoms with Gasteiger partial charge in [0.25, 0.3) is 5.91 Å². The monoisotopic (exact) mass is 475 g/mol. The van der Waals surface area contributed by atoms with Crippen molar-refractivity contribution in [1.82, 2.24) is 9.97 Å². The lowest BCUT2D eigenvalue weighted by molar-refractivity contribution is -0.115. The molecule has 8 heteroatoms. The van der Waals surface area contributed by atoms with E-state index in [0.29, 0.717) is 18.7 Å². The highest BCUT2D eigenvalue weighted by Gasteiger charge is 2.39. The molecule has 1 aromatic carbocycles. The van der Waals surface area contributed by atoms with Crippen LogP contribution >= 0.6 is 0 Å². The van der Waals surface area contributed by atoms with Crippen LogP contribution in [0.25, 0.3) is 17.0 Å². The Morgan fingerprint density at radius 1 is 1.34 bits per heavy atom. The second-order valence-corrected chi connectivity index (χ2v) is 9.72. The first-order valence-electron chi connectivity index (χ1n) is 12.1. The Hall–Kier alpha value is -3.68. The molecular weight excluding hydrogens is 445 g/mol. The highest BCUT2D eigenvalue weighted by molar-refractivity contribution is 6.10. The number of halogens is 1. The summed E-state index contributed by atoms with van der Waals surface area (Å²) < 4.78 is 13.2. The Kier molecular flexibility index (Phi) is 6.05. The number of nitrogens with two attached hydrogens (primary N) is 1. The number of carbonyl (C=O) groups excluding carboxylic acids is 2. The lowest BCUT2D eigenvalue weighted by Gasteiger charge is -2.26. The Morgan fingerprint density at radius 3 is 2.89 bits per heavy atom. The average molecular weight is 476 g/mol. The summed E-state index contributed by atoms with van der Waals surface area (Å²) in [7, 11) is 1.98. The molecule has 0 bridgehead atoms. The molecule has 3 N–H and O–H groups in total. The standard InChI is InChI=1S/C27H30FN5O2/c1-32(19-9-7-18(28)8-10-19)13-4-11-27(17-34)12-14-33(16-27)26-23-20-5-2-3-6-22(20)31-24(23)21(15-30-26)25(29)35/h2,5,7-10,15,17,31H,3-4,6,11-14,16H2,1H3,(H2,29,35). The van der Waals surface area contributed by atoms with E-state index in [9.17, 15) is 14.0 Å². The number of nitrogens with zero attached hydrogens (tertiary/aromatic N) is 3. The average Bonchev–Trinajstić information content (AvgIpc) is 3.46.